The standard InChI is InChI=1S/C18H20BrClN2S/c1-3-22-16-7-5-4-6-15(16)17(19)18(22)12(2)21-23-14-10-8-13(20)9-11-14/h5,7-12,21H,3-4,6H2,1-2H3. The van der Waals surface area contributed by atoms with Gasteiger partial charge in [-0.3, -0.25) is 4.72 Å². The van der Waals surface area contributed by atoms with Crippen LogP contribution >= 0.6 is 39.5 Å². The van der Waals surface area contributed by atoms with Gasteiger partial charge >= 0.3 is 0 Å². The first-order chi connectivity index (χ1) is 11.1. The largest absolute Gasteiger partial charge is 0.343 e. The molecule has 1 aliphatic rings. The molecular formula is C18H20BrClN2S. The van der Waals surface area contributed by atoms with Crippen LogP contribution in [-0.2, 0) is 13.0 Å². The van der Waals surface area contributed by atoms with Gasteiger partial charge in [-0.1, -0.05) is 17.7 Å². The molecule has 1 aromatic carbocycles. The first-order valence-electron chi connectivity index (χ1n) is 7.87. The third-order valence-corrected chi connectivity index (χ3v) is 6.23. The Balaban J connectivity index is 1.82. The van der Waals surface area contributed by atoms with Gasteiger partial charge in [-0.2, -0.15) is 0 Å². The summed E-state index contributed by atoms with van der Waals surface area (Å²) in [5.41, 5.74) is 4.12. The summed E-state index contributed by atoms with van der Waals surface area (Å²) in [6.45, 7) is 5.40. The van der Waals surface area contributed by atoms with Crippen LogP contribution in [0, 0.1) is 0 Å². The Labute approximate surface area is 155 Å². The number of benzene rings is 1. The second-order valence-electron chi connectivity index (χ2n) is 5.64. The molecule has 2 nitrogen and oxygen atoms in total. The Morgan fingerprint density at radius 3 is 2.78 bits per heavy atom. The molecule has 0 spiro atoms. The summed E-state index contributed by atoms with van der Waals surface area (Å²) in [5.74, 6) is 0. The maximum absolute atomic E-state index is 5.94. The molecular weight excluding hydrogens is 392 g/mol. The molecule has 0 amide bonds. The predicted molar refractivity (Wildman–Crippen MR) is 104 cm³/mol. The van der Waals surface area contributed by atoms with E-state index in [2.05, 4.69) is 51.2 Å². The van der Waals surface area contributed by atoms with Gasteiger partial charge < -0.3 is 4.57 Å². The molecule has 2 aromatic rings. The van der Waals surface area contributed by atoms with Gasteiger partial charge in [0.1, 0.15) is 0 Å². The number of allylic oxidation sites excluding steroid dienone is 1. The van der Waals surface area contributed by atoms with Crippen molar-refractivity contribution in [3.63, 3.8) is 0 Å². The second-order valence-corrected chi connectivity index (χ2v) is 7.78. The maximum Gasteiger partial charge on any atom is 0.0560 e. The number of rotatable bonds is 5. The van der Waals surface area contributed by atoms with Crippen LogP contribution in [0.4, 0.5) is 0 Å². The quantitative estimate of drug-likeness (QED) is 0.586. The van der Waals surface area contributed by atoms with Crippen molar-refractivity contribution in [3.8, 4) is 0 Å². The van der Waals surface area contributed by atoms with Crippen LogP contribution in [0.1, 0.15) is 43.3 Å². The predicted octanol–water partition coefficient (Wildman–Crippen LogP) is 6.24. The van der Waals surface area contributed by atoms with Crippen LogP contribution < -0.4 is 4.72 Å². The molecule has 1 aromatic heterocycles. The fourth-order valence-electron chi connectivity index (χ4n) is 3.01. The Bertz CT molecular complexity index is 722. The van der Waals surface area contributed by atoms with Crippen molar-refractivity contribution in [3.05, 3.63) is 56.8 Å². The summed E-state index contributed by atoms with van der Waals surface area (Å²) < 4.78 is 7.23. The van der Waals surface area contributed by atoms with E-state index in [9.17, 15) is 0 Å². The van der Waals surface area contributed by atoms with Gasteiger partial charge in [-0.25, -0.2) is 0 Å². The third-order valence-electron chi connectivity index (χ3n) is 4.11. The van der Waals surface area contributed by atoms with Crippen LogP contribution in [-0.4, -0.2) is 4.57 Å². The highest BCUT2D eigenvalue weighted by molar-refractivity contribution is 9.10. The SMILES string of the molecule is CCn1c2c(c(Br)c1C(C)NSc1ccc(Cl)cc1)CCC=C2. The number of hydrogen-bond acceptors (Lipinski definition) is 2. The molecule has 0 aliphatic heterocycles. The number of fused-ring (bicyclic) bond motifs is 1. The van der Waals surface area contributed by atoms with E-state index in [1.54, 1.807) is 11.9 Å². The Hall–Kier alpha value is -0.680. The molecule has 23 heavy (non-hydrogen) atoms. The van der Waals surface area contributed by atoms with E-state index in [-0.39, 0.29) is 6.04 Å². The highest BCUT2D eigenvalue weighted by atomic mass is 79.9. The maximum atomic E-state index is 5.94. The molecule has 0 saturated carbocycles. The van der Waals surface area contributed by atoms with Gasteiger partial charge in [0.25, 0.3) is 0 Å². The summed E-state index contributed by atoms with van der Waals surface area (Å²) in [4.78, 5) is 1.16. The first-order valence-corrected chi connectivity index (χ1v) is 9.85. The van der Waals surface area contributed by atoms with Crippen LogP contribution in [0.2, 0.25) is 5.02 Å². The number of nitrogens with zero attached hydrogens (tertiary/aromatic N) is 1. The van der Waals surface area contributed by atoms with Gasteiger partial charge in [0.2, 0.25) is 0 Å². The molecule has 1 N–H and O–H groups in total. The van der Waals surface area contributed by atoms with Crippen LogP contribution in [0.5, 0.6) is 0 Å². The lowest BCUT2D eigenvalue weighted by atomic mass is 10.0. The van der Waals surface area contributed by atoms with Crippen molar-refractivity contribution in [2.24, 2.45) is 0 Å². The number of aromatic nitrogens is 1. The molecule has 1 heterocycles. The molecule has 122 valence electrons. The molecule has 1 unspecified atom stereocenters. The molecule has 0 bridgehead atoms. The monoisotopic (exact) mass is 410 g/mol. The highest BCUT2D eigenvalue weighted by Gasteiger charge is 2.23. The summed E-state index contributed by atoms with van der Waals surface area (Å²) in [5, 5.41) is 0.768. The molecule has 5 heteroatoms. The lowest BCUT2D eigenvalue weighted by Gasteiger charge is -2.17. The summed E-state index contributed by atoms with van der Waals surface area (Å²) in [7, 11) is 0. The molecule has 0 radical (unpaired) electrons. The number of halogens is 2. The van der Waals surface area contributed by atoms with Gasteiger partial charge in [-0.15, -0.1) is 0 Å². The fraction of sp³-hybridized carbons (Fsp3) is 0.333. The van der Waals surface area contributed by atoms with Crippen molar-refractivity contribution in [1.29, 1.82) is 0 Å². The Kier molecular flexibility index (Phi) is 5.57. The first kappa shape index (κ1) is 17.2. The van der Waals surface area contributed by atoms with Gasteiger partial charge in [0, 0.05) is 26.6 Å². The zero-order chi connectivity index (χ0) is 16.4. The molecule has 1 aliphatic carbocycles. The molecule has 3 rings (SSSR count). The van der Waals surface area contributed by atoms with E-state index in [1.807, 2.05) is 24.3 Å². The van der Waals surface area contributed by atoms with E-state index < -0.39 is 0 Å². The van der Waals surface area contributed by atoms with Gasteiger partial charge in [0.15, 0.2) is 0 Å². The molecule has 0 fully saturated rings. The van der Waals surface area contributed by atoms with Crippen molar-refractivity contribution in [2.75, 3.05) is 0 Å². The molecule has 0 saturated heterocycles. The zero-order valence-corrected chi connectivity index (χ0v) is 16.4. The topological polar surface area (TPSA) is 17.0 Å². The summed E-state index contributed by atoms with van der Waals surface area (Å²) >= 11 is 11.4. The second kappa shape index (κ2) is 7.47. The smallest absolute Gasteiger partial charge is 0.0560 e. The average molecular weight is 412 g/mol. The van der Waals surface area contributed by atoms with Crippen LogP contribution in [0.3, 0.4) is 0 Å². The van der Waals surface area contributed by atoms with E-state index in [1.165, 1.54) is 21.4 Å². The minimum Gasteiger partial charge on any atom is -0.343 e. The lowest BCUT2D eigenvalue weighted by molar-refractivity contribution is 0.627. The van der Waals surface area contributed by atoms with E-state index >= 15 is 0 Å². The van der Waals surface area contributed by atoms with Crippen molar-refractivity contribution in [2.45, 2.75) is 44.2 Å². The van der Waals surface area contributed by atoms with E-state index in [4.69, 9.17) is 11.6 Å². The zero-order valence-electron chi connectivity index (χ0n) is 13.3. The van der Waals surface area contributed by atoms with Crippen LogP contribution in [0.25, 0.3) is 6.08 Å². The third kappa shape index (κ3) is 3.55. The van der Waals surface area contributed by atoms with E-state index in [0.717, 1.165) is 29.3 Å². The van der Waals surface area contributed by atoms with Crippen molar-refractivity contribution < 1.29 is 0 Å². The highest BCUT2D eigenvalue weighted by Crippen LogP contribution is 2.37. The average Bonchev–Trinajstić information content (AvgIpc) is 2.86. The Morgan fingerprint density at radius 2 is 2.09 bits per heavy atom. The minimum atomic E-state index is 0.240. The number of hydrogen-bond donors (Lipinski definition) is 1. The van der Waals surface area contributed by atoms with Gasteiger partial charge in [-0.05, 0) is 90.5 Å². The van der Waals surface area contributed by atoms with Crippen molar-refractivity contribution in [1.82, 2.24) is 9.29 Å². The summed E-state index contributed by atoms with van der Waals surface area (Å²) in [6.07, 6.45) is 6.77. The van der Waals surface area contributed by atoms with Crippen LogP contribution in [0.15, 0.2) is 39.7 Å². The summed E-state index contributed by atoms with van der Waals surface area (Å²) in [6, 6.07) is 8.15. The minimum absolute atomic E-state index is 0.240. The van der Waals surface area contributed by atoms with Gasteiger partial charge in [0.05, 0.1) is 11.7 Å². The normalized spacial score (nSPS) is 14.8. The lowest BCUT2D eigenvalue weighted by Crippen LogP contribution is -2.16. The van der Waals surface area contributed by atoms with Crippen molar-refractivity contribution >= 4 is 45.6 Å². The molecule has 1 atom stereocenters. The Morgan fingerprint density at radius 1 is 1.35 bits per heavy atom. The van der Waals surface area contributed by atoms with E-state index in [0.29, 0.717) is 0 Å². The fourth-order valence-corrected chi connectivity index (χ4v) is 4.79. The number of nitrogens with one attached hydrogen (secondary N) is 1.